The number of nitrogens with one attached hydrogen (secondary N) is 1. The Hall–Kier alpha value is -1.46. The molecule has 0 aromatic carbocycles. The number of halogens is 1. The van der Waals surface area contributed by atoms with E-state index in [9.17, 15) is 0 Å². The second-order valence-corrected chi connectivity index (χ2v) is 4.55. The van der Waals surface area contributed by atoms with E-state index in [1.807, 2.05) is 12.1 Å². The van der Waals surface area contributed by atoms with E-state index in [4.69, 9.17) is 11.6 Å². The van der Waals surface area contributed by atoms with Gasteiger partial charge in [-0.2, -0.15) is 0 Å². The third-order valence-corrected chi connectivity index (χ3v) is 3.39. The van der Waals surface area contributed by atoms with Gasteiger partial charge in [0.05, 0.1) is 0 Å². The quantitative estimate of drug-likeness (QED) is 0.880. The zero-order valence-electron chi connectivity index (χ0n) is 11.2. The zero-order valence-corrected chi connectivity index (χ0v) is 12.0. The van der Waals surface area contributed by atoms with E-state index in [-0.39, 0.29) is 0 Å². The molecule has 2 rings (SSSR count). The highest BCUT2D eigenvalue weighted by atomic mass is 35.5. The van der Waals surface area contributed by atoms with Gasteiger partial charge in [0.25, 0.3) is 0 Å². The smallest absolute Gasteiger partial charge is 0.175 e. The molecule has 0 atom stereocenters. The van der Waals surface area contributed by atoms with Gasteiger partial charge in [-0.25, -0.2) is 0 Å². The maximum atomic E-state index is 6.01. The Kier molecular flexibility index (Phi) is 4.87. The number of nitrogens with zero attached hydrogens (tertiary/aromatic N) is 4. The van der Waals surface area contributed by atoms with Gasteiger partial charge < -0.3 is 10.2 Å². The predicted octanol–water partition coefficient (Wildman–Crippen LogP) is 2.43. The Balaban J connectivity index is 2.11. The fourth-order valence-electron chi connectivity index (χ4n) is 1.95. The maximum absolute atomic E-state index is 6.01. The summed E-state index contributed by atoms with van der Waals surface area (Å²) < 4.78 is 0. The summed E-state index contributed by atoms with van der Waals surface area (Å²) in [6, 6.07) is 3.74. The van der Waals surface area contributed by atoms with Crippen molar-refractivity contribution >= 4 is 28.3 Å². The van der Waals surface area contributed by atoms with Crippen molar-refractivity contribution in [2.24, 2.45) is 0 Å². The lowest BCUT2D eigenvalue weighted by molar-refractivity contribution is 0.316. The first-order chi connectivity index (χ1) is 9.26. The minimum Gasteiger partial charge on any atom is -0.365 e. The Morgan fingerprint density at radius 2 is 2.05 bits per heavy atom. The van der Waals surface area contributed by atoms with Crippen molar-refractivity contribution in [3.8, 4) is 0 Å². The fourth-order valence-corrected chi connectivity index (χ4v) is 2.14. The summed E-state index contributed by atoms with van der Waals surface area (Å²) in [5.41, 5.74) is 0.766. The van der Waals surface area contributed by atoms with Crippen LogP contribution in [0.1, 0.15) is 13.8 Å². The summed E-state index contributed by atoms with van der Waals surface area (Å²) in [6.07, 6.45) is 1.73. The van der Waals surface area contributed by atoms with E-state index in [0.717, 1.165) is 37.1 Å². The Bertz CT molecular complexity index is 542. The minimum absolute atomic E-state index is 0.386. The monoisotopic (exact) mass is 279 g/mol. The molecular formula is C13H18ClN5. The lowest BCUT2D eigenvalue weighted by Gasteiger charge is -2.18. The summed E-state index contributed by atoms with van der Waals surface area (Å²) in [6.45, 7) is 8.17. The number of likely N-dealkylation sites (N-methyl/N-ethyl adjacent to an activating group) is 1. The van der Waals surface area contributed by atoms with Crippen molar-refractivity contribution in [1.29, 1.82) is 0 Å². The van der Waals surface area contributed by atoms with E-state index in [0.29, 0.717) is 11.0 Å². The van der Waals surface area contributed by atoms with Gasteiger partial charge in [0.15, 0.2) is 11.0 Å². The largest absolute Gasteiger partial charge is 0.365 e. The first-order valence-corrected chi connectivity index (χ1v) is 6.87. The van der Waals surface area contributed by atoms with Crippen molar-refractivity contribution in [3.63, 3.8) is 0 Å². The SMILES string of the molecule is CCN(CC)CCNc1nnc(Cl)c2cccnc12. The highest BCUT2D eigenvalue weighted by Gasteiger charge is 2.08. The summed E-state index contributed by atoms with van der Waals surface area (Å²) in [5, 5.41) is 12.5. The molecule has 0 saturated carbocycles. The molecule has 0 bridgehead atoms. The first-order valence-electron chi connectivity index (χ1n) is 6.49. The van der Waals surface area contributed by atoms with E-state index < -0.39 is 0 Å². The number of anilines is 1. The molecule has 0 aliphatic carbocycles. The van der Waals surface area contributed by atoms with Crippen LogP contribution in [0.25, 0.3) is 10.9 Å². The summed E-state index contributed by atoms with van der Waals surface area (Å²) in [5.74, 6) is 0.687. The lowest BCUT2D eigenvalue weighted by Crippen LogP contribution is -2.28. The van der Waals surface area contributed by atoms with E-state index in [2.05, 4.69) is 39.2 Å². The van der Waals surface area contributed by atoms with Gasteiger partial charge in [-0.1, -0.05) is 25.4 Å². The topological polar surface area (TPSA) is 53.9 Å². The van der Waals surface area contributed by atoms with Crippen LogP contribution in [-0.4, -0.2) is 46.3 Å². The summed E-state index contributed by atoms with van der Waals surface area (Å²) >= 11 is 6.01. The molecule has 0 saturated heterocycles. The van der Waals surface area contributed by atoms with Gasteiger partial charge in [-0.3, -0.25) is 4.98 Å². The van der Waals surface area contributed by atoms with E-state index >= 15 is 0 Å². The molecule has 0 aliphatic rings. The van der Waals surface area contributed by atoms with Crippen LogP contribution in [-0.2, 0) is 0 Å². The summed E-state index contributed by atoms with van der Waals surface area (Å²) in [7, 11) is 0. The molecular weight excluding hydrogens is 262 g/mol. The molecule has 6 heteroatoms. The van der Waals surface area contributed by atoms with Crippen LogP contribution in [0.5, 0.6) is 0 Å². The highest BCUT2D eigenvalue weighted by Crippen LogP contribution is 2.23. The minimum atomic E-state index is 0.386. The Morgan fingerprint density at radius 3 is 2.79 bits per heavy atom. The zero-order chi connectivity index (χ0) is 13.7. The average Bonchev–Trinajstić information content (AvgIpc) is 2.46. The molecule has 0 radical (unpaired) electrons. The van der Waals surface area contributed by atoms with Crippen LogP contribution >= 0.6 is 11.6 Å². The highest BCUT2D eigenvalue weighted by molar-refractivity contribution is 6.34. The van der Waals surface area contributed by atoms with Crippen molar-refractivity contribution in [2.45, 2.75) is 13.8 Å². The number of pyridine rings is 1. The molecule has 5 nitrogen and oxygen atoms in total. The van der Waals surface area contributed by atoms with E-state index in [1.165, 1.54) is 0 Å². The van der Waals surface area contributed by atoms with Gasteiger partial charge in [-0.15, -0.1) is 10.2 Å². The molecule has 0 aliphatic heterocycles. The van der Waals surface area contributed by atoms with Crippen molar-refractivity contribution in [1.82, 2.24) is 20.1 Å². The molecule has 2 heterocycles. The van der Waals surface area contributed by atoms with E-state index in [1.54, 1.807) is 6.20 Å². The van der Waals surface area contributed by atoms with Crippen LogP contribution in [0.2, 0.25) is 5.15 Å². The van der Waals surface area contributed by atoms with Crippen molar-refractivity contribution in [2.75, 3.05) is 31.5 Å². The molecule has 19 heavy (non-hydrogen) atoms. The normalized spacial score (nSPS) is 11.2. The van der Waals surface area contributed by atoms with Crippen molar-refractivity contribution < 1.29 is 0 Å². The molecule has 102 valence electrons. The van der Waals surface area contributed by atoms with Gasteiger partial charge in [-0.05, 0) is 25.2 Å². The fraction of sp³-hybridized carbons (Fsp3) is 0.462. The third kappa shape index (κ3) is 3.30. The second kappa shape index (κ2) is 6.63. The lowest BCUT2D eigenvalue weighted by atomic mass is 10.3. The standard InChI is InChI=1S/C13H18ClN5/c1-3-19(4-2)9-8-16-13-11-10(6-5-7-15-11)12(14)17-18-13/h5-7H,3-4,8-9H2,1-2H3,(H,16,18). The molecule has 2 aromatic heterocycles. The van der Waals surface area contributed by atoms with Crippen LogP contribution in [0.3, 0.4) is 0 Å². The second-order valence-electron chi connectivity index (χ2n) is 4.19. The molecule has 0 fully saturated rings. The molecule has 0 amide bonds. The third-order valence-electron chi connectivity index (χ3n) is 3.11. The number of hydrogen-bond donors (Lipinski definition) is 1. The molecule has 0 unspecified atom stereocenters. The predicted molar refractivity (Wildman–Crippen MR) is 78.6 cm³/mol. The number of hydrogen-bond acceptors (Lipinski definition) is 5. The molecule has 0 spiro atoms. The number of rotatable bonds is 6. The maximum Gasteiger partial charge on any atom is 0.175 e. The number of aromatic nitrogens is 3. The Labute approximate surface area is 118 Å². The summed E-state index contributed by atoms with van der Waals surface area (Å²) in [4.78, 5) is 6.66. The first kappa shape index (κ1) is 14.0. The molecule has 1 N–H and O–H groups in total. The van der Waals surface area contributed by atoms with Crippen LogP contribution in [0, 0.1) is 0 Å². The number of fused-ring (bicyclic) bond motifs is 1. The van der Waals surface area contributed by atoms with Gasteiger partial charge in [0.1, 0.15) is 5.52 Å². The van der Waals surface area contributed by atoms with Crippen LogP contribution in [0.4, 0.5) is 5.82 Å². The Morgan fingerprint density at radius 1 is 1.26 bits per heavy atom. The van der Waals surface area contributed by atoms with Gasteiger partial charge in [0.2, 0.25) is 0 Å². The molecule has 2 aromatic rings. The van der Waals surface area contributed by atoms with Gasteiger partial charge >= 0.3 is 0 Å². The van der Waals surface area contributed by atoms with Crippen molar-refractivity contribution in [3.05, 3.63) is 23.5 Å². The van der Waals surface area contributed by atoms with Crippen LogP contribution in [0.15, 0.2) is 18.3 Å². The van der Waals surface area contributed by atoms with Crippen LogP contribution < -0.4 is 5.32 Å². The average molecular weight is 280 g/mol. The van der Waals surface area contributed by atoms with Gasteiger partial charge in [0, 0.05) is 24.7 Å².